The number of nitrogens with zero attached hydrogens (tertiary/aromatic N) is 1. The van der Waals surface area contributed by atoms with Crippen molar-refractivity contribution >= 4 is 17.7 Å². The van der Waals surface area contributed by atoms with Gasteiger partial charge < -0.3 is 9.47 Å². The van der Waals surface area contributed by atoms with Gasteiger partial charge in [-0.25, -0.2) is 4.79 Å². The minimum atomic E-state index is -4.82. The fourth-order valence-electron chi connectivity index (χ4n) is 1.42. The summed E-state index contributed by atoms with van der Waals surface area (Å²) in [5.41, 5.74) is -5.80. The molecule has 0 saturated heterocycles. The Morgan fingerprint density at radius 1 is 1.41 bits per heavy atom. The number of carbonyl (C=O) groups is 1. The monoisotopic (exact) mass is 341 g/mol. The highest BCUT2D eigenvalue weighted by Gasteiger charge is 2.33. The molecular weight excluding hydrogens is 333 g/mol. The summed E-state index contributed by atoms with van der Waals surface area (Å²) in [4.78, 5) is 10.7. The molecule has 0 bridgehead atoms. The molecule has 1 aromatic rings. The van der Waals surface area contributed by atoms with Crippen molar-refractivity contribution in [1.82, 2.24) is 0 Å². The van der Waals surface area contributed by atoms with Gasteiger partial charge in [-0.15, -0.1) is 0 Å². The molecule has 0 aliphatic heterocycles. The van der Waals surface area contributed by atoms with Crippen LogP contribution in [0.25, 0.3) is 0 Å². The van der Waals surface area contributed by atoms with Gasteiger partial charge in [-0.05, 0) is 30.8 Å². The minimum Gasteiger partial charge on any atom is -0.462 e. The van der Waals surface area contributed by atoms with Crippen molar-refractivity contribution in [3.8, 4) is 11.8 Å². The minimum absolute atomic E-state index is 0.0369. The molecule has 10 heteroatoms. The molecule has 0 spiro atoms. The van der Waals surface area contributed by atoms with Crippen molar-refractivity contribution in [3.05, 3.63) is 23.3 Å². The molecule has 1 rings (SSSR count). The predicted molar refractivity (Wildman–Crippen MR) is 65.7 cm³/mol. The largest absolute Gasteiger partial charge is 0.462 e. The van der Waals surface area contributed by atoms with Crippen LogP contribution in [0.3, 0.4) is 0 Å². The molecule has 22 heavy (non-hydrogen) atoms. The van der Waals surface area contributed by atoms with Crippen LogP contribution in [0.5, 0.6) is 5.75 Å². The summed E-state index contributed by atoms with van der Waals surface area (Å²) in [5, 5.41) is 8.88. The molecule has 0 radical (unpaired) electrons. The smallest absolute Gasteiger partial charge is 0.446 e. The first kappa shape index (κ1) is 18.0. The SMILES string of the molecule is CCOC(=O)c1cc(C#N)c(SC(F)(F)F)c(OC(F)F)c1. The van der Waals surface area contributed by atoms with Crippen molar-refractivity contribution in [3.63, 3.8) is 0 Å². The summed E-state index contributed by atoms with van der Waals surface area (Å²) in [6.45, 7) is -1.98. The number of nitriles is 1. The molecule has 0 atom stereocenters. The zero-order valence-corrected chi connectivity index (χ0v) is 11.7. The third-order valence-corrected chi connectivity index (χ3v) is 2.98. The number of benzene rings is 1. The van der Waals surface area contributed by atoms with E-state index in [1.165, 1.54) is 13.0 Å². The Bertz CT molecular complexity index is 598. The highest BCUT2D eigenvalue weighted by atomic mass is 32.2. The zero-order valence-electron chi connectivity index (χ0n) is 10.9. The van der Waals surface area contributed by atoms with Gasteiger partial charge in [-0.2, -0.15) is 27.2 Å². The summed E-state index contributed by atoms with van der Waals surface area (Å²) in [7, 11) is 0. The van der Waals surface area contributed by atoms with E-state index >= 15 is 0 Å². The van der Waals surface area contributed by atoms with Gasteiger partial charge in [0.1, 0.15) is 11.8 Å². The van der Waals surface area contributed by atoms with Gasteiger partial charge in [-0.3, -0.25) is 0 Å². The van der Waals surface area contributed by atoms with Gasteiger partial charge >= 0.3 is 18.1 Å². The number of carbonyl (C=O) groups excluding carboxylic acids is 1. The number of hydrogen-bond donors (Lipinski definition) is 0. The number of halogens is 5. The quantitative estimate of drug-likeness (QED) is 0.461. The highest BCUT2D eigenvalue weighted by molar-refractivity contribution is 8.00. The van der Waals surface area contributed by atoms with E-state index in [0.29, 0.717) is 6.07 Å². The van der Waals surface area contributed by atoms with Crippen LogP contribution < -0.4 is 4.74 Å². The maximum absolute atomic E-state index is 12.5. The van der Waals surface area contributed by atoms with E-state index in [4.69, 9.17) is 5.26 Å². The number of rotatable bonds is 5. The molecular formula is C12H8F5NO3S. The van der Waals surface area contributed by atoms with Crippen LogP contribution in [0.1, 0.15) is 22.8 Å². The molecule has 0 unspecified atom stereocenters. The Labute approximate surface area is 125 Å². The van der Waals surface area contributed by atoms with Gasteiger partial charge in [0.2, 0.25) is 0 Å². The van der Waals surface area contributed by atoms with Crippen molar-refractivity contribution < 1.29 is 36.2 Å². The van der Waals surface area contributed by atoms with E-state index in [2.05, 4.69) is 9.47 Å². The number of thioether (sulfide) groups is 1. The molecule has 1 aromatic carbocycles. The van der Waals surface area contributed by atoms with Crippen molar-refractivity contribution in [2.75, 3.05) is 6.61 Å². The second-order valence-corrected chi connectivity index (χ2v) is 4.68. The lowest BCUT2D eigenvalue weighted by atomic mass is 10.1. The second-order valence-electron chi connectivity index (χ2n) is 3.61. The van der Waals surface area contributed by atoms with E-state index in [9.17, 15) is 26.7 Å². The molecule has 0 aliphatic rings. The Morgan fingerprint density at radius 3 is 2.50 bits per heavy atom. The van der Waals surface area contributed by atoms with Gasteiger partial charge in [0, 0.05) is 0 Å². The lowest BCUT2D eigenvalue weighted by Gasteiger charge is -2.14. The van der Waals surface area contributed by atoms with Gasteiger partial charge in [-0.1, -0.05) is 0 Å². The first-order valence-electron chi connectivity index (χ1n) is 5.63. The normalized spacial score (nSPS) is 11.2. The topological polar surface area (TPSA) is 59.3 Å². The molecule has 4 nitrogen and oxygen atoms in total. The summed E-state index contributed by atoms with van der Waals surface area (Å²) < 4.78 is 70.7. The van der Waals surface area contributed by atoms with Gasteiger partial charge in [0.05, 0.1) is 22.6 Å². The number of alkyl halides is 5. The maximum atomic E-state index is 12.5. The van der Waals surface area contributed by atoms with E-state index in [0.717, 1.165) is 6.07 Å². The molecule has 0 heterocycles. The van der Waals surface area contributed by atoms with E-state index < -0.39 is 46.1 Å². The van der Waals surface area contributed by atoms with Crippen molar-refractivity contribution in [1.29, 1.82) is 5.26 Å². The molecule has 0 aromatic heterocycles. The number of esters is 1. The fourth-order valence-corrected chi connectivity index (χ4v) is 2.08. The first-order valence-corrected chi connectivity index (χ1v) is 6.45. The van der Waals surface area contributed by atoms with Crippen LogP contribution in [0.15, 0.2) is 17.0 Å². The number of ether oxygens (including phenoxy) is 2. The summed E-state index contributed by atoms with van der Waals surface area (Å²) in [6.07, 6.45) is 0. The standard InChI is InChI=1S/C12H8F5NO3S/c1-2-20-10(19)6-3-7(5-18)9(22-12(15,16)17)8(4-6)21-11(13)14/h3-4,11H,2H2,1H3. The summed E-state index contributed by atoms with van der Waals surface area (Å²) in [5.74, 6) is -1.89. The molecule has 0 amide bonds. The Morgan fingerprint density at radius 2 is 2.05 bits per heavy atom. The molecule has 0 saturated carbocycles. The van der Waals surface area contributed by atoms with Crippen molar-refractivity contribution in [2.45, 2.75) is 23.9 Å². The Balaban J connectivity index is 3.41. The third-order valence-electron chi connectivity index (χ3n) is 2.12. The van der Waals surface area contributed by atoms with E-state index in [1.807, 2.05) is 0 Å². The number of hydrogen-bond acceptors (Lipinski definition) is 5. The van der Waals surface area contributed by atoms with Crippen LogP contribution in [-0.4, -0.2) is 24.7 Å². The summed E-state index contributed by atoms with van der Waals surface area (Å²) >= 11 is -0.779. The average Bonchev–Trinajstić information content (AvgIpc) is 2.38. The van der Waals surface area contributed by atoms with Gasteiger partial charge in [0.15, 0.2) is 0 Å². The third kappa shape index (κ3) is 5.07. The lowest BCUT2D eigenvalue weighted by Crippen LogP contribution is -2.10. The van der Waals surface area contributed by atoms with Crippen LogP contribution in [0.4, 0.5) is 22.0 Å². The molecule has 120 valence electrons. The fraction of sp³-hybridized carbons (Fsp3) is 0.333. The van der Waals surface area contributed by atoms with Crippen LogP contribution >= 0.6 is 11.8 Å². The van der Waals surface area contributed by atoms with Crippen LogP contribution in [-0.2, 0) is 4.74 Å². The molecule has 0 fully saturated rings. The Kier molecular flexibility index (Phi) is 5.99. The van der Waals surface area contributed by atoms with Crippen molar-refractivity contribution in [2.24, 2.45) is 0 Å². The lowest BCUT2D eigenvalue weighted by molar-refractivity contribution is -0.0528. The van der Waals surface area contributed by atoms with Crippen LogP contribution in [0, 0.1) is 11.3 Å². The first-order chi connectivity index (χ1) is 10.2. The average molecular weight is 341 g/mol. The predicted octanol–water partition coefficient (Wildman–Crippen LogP) is 3.95. The van der Waals surface area contributed by atoms with Crippen LogP contribution in [0.2, 0.25) is 0 Å². The summed E-state index contributed by atoms with van der Waals surface area (Å²) in [6, 6.07) is 2.92. The highest BCUT2D eigenvalue weighted by Crippen LogP contribution is 2.44. The molecule has 0 aliphatic carbocycles. The second kappa shape index (κ2) is 7.31. The van der Waals surface area contributed by atoms with E-state index in [1.54, 1.807) is 0 Å². The van der Waals surface area contributed by atoms with Gasteiger partial charge in [0.25, 0.3) is 0 Å². The Hall–Kier alpha value is -2.02. The maximum Gasteiger partial charge on any atom is 0.446 e. The molecule has 0 N–H and O–H groups in total. The van der Waals surface area contributed by atoms with E-state index in [-0.39, 0.29) is 12.2 Å². The zero-order chi connectivity index (χ0) is 16.9.